The number of piperazine rings is 1. The molecule has 5 rings (SSSR count). The fourth-order valence-corrected chi connectivity index (χ4v) is 5.31. The Kier molecular flexibility index (Phi) is 4.92. The van der Waals surface area contributed by atoms with Crippen LogP contribution in [0, 0.1) is 12.7 Å². The lowest BCUT2D eigenvalue weighted by Gasteiger charge is -2.34. The van der Waals surface area contributed by atoms with E-state index in [9.17, 15) is 9.18 Å². The molecule has 4 aromatic rings. The van der Waals surface area contributed by atoms with Crippen LogP contribution in [0.15, 0.2) is 41.8 Å². The molecule has 0 aliphatic carbocycles. The Morgan fingerprint density at radius 3 is 2.70 bits per heavy atom. The molecule has 0 atom stereocenters. The average molecular weight is 440 g/mol. The second-order valence-corrected chi connectivity index (χ2v) is 9.02. The molecule has 9 heteroatoms. The van der Waals surface area contributed by atoms with Crippen LogP contribution in [0.5, 0.6) is 0 Å². The lowest BCUT2D eigenvalue weighted by atomic mass is 10.1. The zero-order valence-electron chi connectivity index (χ0n) is 16.2. The summed E-state index contributed by atoms with van der Waals surface area (Å²) in [6.07, 6.45) is 0. The monoisotopic (exact) mass is 439 g/mol. The number of pyridine rings is 1. The maximum Gasteiger partial charge on any atom is 0.254 e. The smallest absolute Gasteiger partial charge is 0.254 e. The third-order valence-corrected chi connectivity index (χ3v) is 7.14. The molecule has 0 N–H and O–H groups in total. The van der Waals surface area contributed by atoms with E-state index in [0.717, 1.165) is 20.7 Å². The third-order valence-electron chi connectivity index (χ3n) is 5.11. The van der Waals surface area contributed by atoms with Gasteiger partial charge in [-0.3, -0.25) is 9.78 Å². The van der Waals surface area contributed by atoms with Crippen molar-refractivity contribution in [3.05, 3.63) is 58.9 Å². The van der Waals surface area contributed by atoms with Crippen LogP contribution in [0.4, 0.5) is 9.52 Å². The van der Waals surface area contributed by atoms with Gasteiger partial charge >= 0.3 is 0 Å². The van der Waals surface area contributed by atoms with Crippen LogP contribution < -0.4 is 4.90 Å². The molecule has 0 unspecified atom stereocenters. The van der Waals surface area contributed by atoms with E-state index in [1.165, 1.54) is 12.1 Å². The molecule has 30 heavy (non-hydrogen) atoms. The van der Waals surface area contributed by atoms with E-state index >= 15 is 0 Å². The van der Waals surface area contributed by atoms with E-state index in [-0.39, 0.29) is 11.7 Å². The van der Waals surface area contributed by atoms with E-state index in [4.69, 9.17) is 0 Å². The minimum absolute atomic E-state index is 0.0905. The number of anilines is 1. The number of carbonyl (C=O) groups is 1. The molecular formula is C21H18FN5OS2. The van der Waals surface area contributed by atoms with Gasteiger partial charge in [-0.1, -0.05) is 17.4 Å². The van der Waals surface area contributed by atoms with Gasteiger partial charge in [0, 0.05) is 37.3 Å². The van der Waals surface area contributed by atoms with Gasteiger partial charge < -0.3 is 9.80 Å². The van der Waals surface area contributed by atoms with Gasteiger partial charge in [0.05, 0.1) is 16.0 Å². The van der Waals surface area contributed by atoms with Gasteiger partial charge in [-0.2, -0.15) is 0 Å². The van der Waals surface area contributed by atoms with Crippen LogP contribution >= 0.6 is 22.7 Å². The second kappa shape index (κ2) is 7.73. The highest BCUT2D eigenvalue weighted by molar-refractivity contribution is 7.22. The maximum atomic E-state index is 13.8. The lowest BCUT2D eigenvalue weighted by Crippen LogP contribution is -2.48. The number of benzene rings is 1. The molecule has 0 bridgehead atoms. The Morgan fingerprint density at radius 1 is 1.10 bits per heavy atom. The molecule has 0 radical (unpaired) electrons. The van der Waals surface area contributed by atoms with E-state index < -0.39 is 0 Å². The highest BCUT2D eigenvalue weighted by atomic mass is 32.1. The molecule has 0 spiro atoms. The lowest BCUT2D eigenvalue weighted by molar-refractivity contribution is 0.0748. The number of hydrogen-bond donors (Lipinski definition) is 0. The van der Waals surface area contributed by atoms with Crippen molar-refractivity contribution < 1.29 is 9.18 Å². The van der Waals surface area contributed by atoms with Gasteiger partial charge in [-0.05, 0) is 42.6 Å². The Balaban J connectivity index is 1.33. The number of amides is 1. The molecule has 3 aromatic heterocycles. The zero-order valence-corrected chi connectivity index (χ0v) is 17.8. The number of halogens is 1. The van der Waals surface area contributed by atoms with Crippen LogP contribution in [0.3, 0.4) is 0 Å². The normalized spacial score (nSPS) is 14.5. The summed E-state index contributed by atoms with van der Waals surface area (Å²) in [5.74, 6) is -0.461. The predicted molar refractivity (Wildman–Crippen MR) is 118 cm³/mol. The molecule has 1 aliphatic rings. The number of hydrogen-bond acceptors (Lipinski definition) is 7. The molecule has 1 saturated heterocycles. The van der Waals surface area contributed by atoms with Crippen molar-refractivity contribution in [1.82, 2.24) is 20.1 Å². The van der Waals surface area contributed by atoms with Crippen LogP contribution in [-0.2, 0) is 0 Å². The van der Waals surface area contributed by atoms with Gasteiger partial charge in [-0.15, -0.1) is 21.5 Å². The van der Waals surface area contributed by atoms with Crippen LogP contribution in [0.25, 0.3) is 20.8 Å². The second-order valence-electron chi connectivity index (χ2n) is 7.12. The number of fused-ring (bicyclic) bond motifs is 1. The minimum atomic E-state index is -0.371. The molecule has 1 amide bonds. The first-order chi connectivity index (χ1) is 14.6. The quantitative estimate of drug-likeness (QED) is 0.478. The fraction of sp³-hybridized carbons (Fsp3) is 0.238. The number of nitrogens with zero attached hydrogens (tertiary/aromatic N) is 5. The summed E-state index contributed by atoms with van der Waals surface area (Å²) in [6, 6.07) is 10.2. The van der Waals surface area contributed by atoms with Crippen LogP contribution in [-0.4, -0.2) is 52.2 Å². The van der Waals surface area contributed by atoms with Crippen LogP contribution in [0.2, 0.25) is 0 Å². The Hall–Kier alpha value is -2.91. The molecule has 1 aromatic carbocycles. The third kappa shape index (κ3) is 3.54. The molecular weight excluding hydrogens is 421 g/mol. The van der Waals surface area contributed by atoms with E-state index in [2.05, 4.69) is 20.1 Å². The van der Waals surface area contributed by atoms with Gasteiger partial charge in [-0.25, -0.2) is 4.39 Å². The topological polar surface area (TPSA) is 62.2 Å². The number of rotatable bonds is 3. The summed E-state index contributed by atoms with van der Waals surface area (Å²) in [5, 5.41) is 13.0. The summed E-state index contributed by atoms with van der Waals surface area (Å²) in [7, 11) is 0. The highest BCUT2D eigenvalue weighted by Crippen LogP contribution is 2.32. The van der Waals surface area contributed by atoms with Crippen LogP contribution in [0.1, 0.15) is 16.1 Å². The predicted octanol–water partition coefficient (Wildman–Crippen LogP) is 4.22. The summed E-state index contributed by atoms with van der Waals surface area (Å²) in [4.78, 5) is 22.7. The van der Waals surface area contributed by atoms with Crippen molar-refractivity contribution in [3.63, 3.8) is 0 Å². The van der Waals surface area contributed by atoms with Crippen molar-refractivity contribution in [2.24, 2.45) is 0 Å². The SMILES string of the molecule is Cc1cc(C(=O)N2CCN(c3nnc(-c4cccs4)s3)CC2)c2cc(F)ccc2n1. The summed E-state index contributed by atoms with van der Waals surface area (Å²) in [6.45, 7) is 4.36. The van der Waals surface area contributed by atoms with Gasteiger partial charge in [0.25, 0.3) is 5.91 Å². The summed E-state index contributed by atoms with van der Waals surface area (Å²) >= 11 is 3.21. The van der Waals surface area contributed by atoms with Crippen molar-refractivity contribution in [1.29, 1.82) is 0 Å². The molecule has 1 aliphatic heterocycles. The molecule has 152 valence electrons. The fourth-order valence-electron chi connectivity index (χ4n) is 3.62. The number of carbonyl (C=O) groups excluding carboxylic acids is 1. The van der Waals surface area contributed by atoms with Crippen molar-refractivity contribution in [3.8, 4) is 9.88 Å². The molecule has 4 heterocycles. The summed E-state index contributed by atoms with van der Waals surface area (Å²) < 4.78 is 13.8. The Labute approximate surface area is 180 Å². The van der Waals surface area contributed by atoms with E-state index in [1.807, 2.05) is 29.3 Å². The van der Waals surface area contributed by atoms with Gasteiger partial charge in [0.1, 0.15) is 5.82 Å². The van der Waals surface area contributed by atoms with Gasteiger partial charge in [0.15, 0.2) is 5.01 Å². The first-order valence-electron chi connectivity index (χ1n) is 9.57. The molecule has 1 fully saturated rings. The Bertz CT molecular complexity index is 1220. The minimum Gasteiger partial charge on any atom is -0.343 e. The first kappa shape index (κ1) is 19.1. The highest BCUT2D eigenvalue weighted by Gasteiger charge is 2.26. The van der Waals surface area contributed by atoms with Crippen molar-refractivity contribution in [2.75, 3.05) is 31.1 Å². The van der Waals surface area contributed by atoms with E-state index in [1.54, 1.807) is 34.8 Å². The standard InChI is InChI=1S/C21H18FN5OS2/c1-13-11-16(15-12-14(22)4-5-17(15)23-13)20(28)26-6-8-27(9-7-26)21-25-24-19(30-21)18-3-2-10-29-18/h2-5,10-12H,6-9H2,1H3. The molecule has 6 nitrogen and oxygen atoms in total. The summed E-state index contributed by atoms with van der Waals surface area (Å²) in [5.41, 5.74) is 1.88. The Morgan fingerprint density at radius 2 is 1.93 bits per heavy atom. The molecule has 0 saturated carbocycles. The number of aromatic nitrogens is 3. The van der Waals surface area contributed by atoms with Gasteiger partial charge in [0.2, 0.25) is 5.13 Å². The average Bonchev–Trinajstić information content (AvgIpc) is 3.45. The van der Waals surface area contributed by atoms with Crippen molar-refractivity contribution in [2.45, 2.75) is 6.92 Å². The largest absolute Gasteiger partial charge is 0.343 e. The first-order valence-corrected chi connectivity index (χ1v) is 11.3. The number of thiophene rings is 1. The van der Waals surface area contributed by atoms with Crippen molar-refractivity contribution >= 4 is 44.6 Å². The van der Waals surface area contributed by atoms with E-state index in [0.29, 0.717) is 42.6 Å². The zero-order chi connectivity index (χ0) is 20.7. The number of aryl methyl sites for hydroxylation is 1. The maximum absolute atomic E-state index is 13.8.